The van der Waals surface area contributed by atoms with Gasteiger partial charge in [0.05, 0.1) is 17.7 Å². The van der Waals surface area contributed by atoms with Crippen LogP contribution in [-0.4, -0.2) is 17.0 Å². The van der Waals surface area contributed by atoms with Crippen molar-refractivity contribution in [2.75, 3.05) is 0 Å². The third-order valence-corrected chi connectivity index (χ3v) is 6.26. The van der Waals surface area contributed by atoms with Crippen molar-refractivity contribution in [2.45, 2.75) is 46.6 Å². The first-order valence-electron chi connectivity index (χ1n) is 7.92. The fourth-order valence-corrected chi connectivity index (χ4v) is 5.04. The van der Waals surface area contributed by atoms with Gasteiger partial charge in [-0.25, -0.2) is 0 Å². The molecule has 0 heterocycles. The van der Waals surface area contributed by atoms with Gasteiger partial charge in [0.2, 0.25) is 0 Å². The van der Waals surface area contributed by atoms with E-state index in [9.17, 15) is 15.2 Å². The Labute approximate surface area is 132 Å². The third kappa shape index (κ3) is 1.80. The number of allylic oxidation sites excluding steroid dienone is 5. The van der Waals surface area contributed by atoms with Gasteiger partial charge < -0.3 is 5.11 Å². The van der Waals surface area contributed by atoms with Gasteiger partial charge in [-0.2, -0.15) is 5.26 Å². The van der Waals surface area contributed by atoms with Gasteiger partial charge in [0.15, 0.2) is 5.78 Å². The molecule has 0 aromatic carbocycles. The van der Waals surface area contributed by atoms with Crippen LogP contribution in [0.2, 0.25) is 0 Å². The van der Waals surface area contributed by atoms with Crippen molar-refractivity contribution in [3.8, 4) is 6.07 Å². The molecule has 22 heavy (non-hydrogen) atoms. The van der Waals surface area contributed by atoms with Crippen LogP contribution in [0.1, 0.15) is 40.5 Å². The standard InChI is InChI=1S/C19H23NO2/c1-17(2)14-6-8-18(3)7-5-13(21)9-15(18)19(14,4)10-12(11-20)16(17)22/h5,7,9-10,14,16,22H,6,8H2,1-4H3. The highest BCUT2D eigenvalue weighted by Gasteiger charge is 2.57. The molecule has 0 bridgehead atoms. The van der Waals surface area contributed by atoms with E-state index in [1.165, 1.54) is 0 Å². The summed E-state index contributed by atoms with van der Waals surface area (Å²) in [7, 11) is 0. The average Bonchev–Trinajstić information content (AvgIpc) is 2.45. The molecule has 0 amide bonds. The Morgan fingerprint density at radius 2 is 2.00 bits per heavy atom. The summed E-state index contributed by atoms with van der Waals surface area (Å²) < 4.78 is 0. The monoisotopic (exact) mass is 297 g/mol. The lowest BCUT2D eigenvalue weighted by atomic mass is 9.45. The van der Waals surface area contributed by atoms with E-state index in [4.69, 9.17) is 0 Å². The van der Waals surface area contributed by atoms with Crippen molar-refractivity contribution < 1.29 is 9.90 Å². The van der Waals surface area contributed by atoms with Gasteiger partial charge in [0, 0.05) is 10.8 Å². The van der Waals surface area contributed by atoms with Gasteiger partial charge >= 0.3 is 0 Å². The molecule has 3 aliphatic carbocycles. The Kier molecular flexibility index (Phi) is 3.07. The topological polar surface area (TPSA) is 61.1 Å². The lowest BCUT2D eigenvalue weighted by Crippen LogP contribution is -2.54. The second kappa shape index (κ2) is 4.43. The second-order valence-corrected chi connectivity index (χ2v) is 8.02. The minimum atomic E-state index is -0.740. The number of carbonyl (C=O) groups excluding carboxylic acids is 1. The molecule has 3 nitrogen and oxygen atoms in total. The maximum Gasteiger partial charge on any atom is 0.178 e. The molecule has 0 aromatic heterocycles. The van der Waals surface area contributed by atoms with Gasteiger partial charge in [-0.1, -0.05) is 39.8 Å². The third-order valence-electron chi connectivity index (χ3n) is 6.26. The van der Waals surface area contributed by atoms with Gasteiger partial charge in [-0.15, -0.1) is 0 Å². The summed E-state index contributed by atoms with van der Waals surface area (Å²) in [6.07, 6.45) is 8.55. The summed E-state index contributed by atoms with van der Waals surface area (Å²) in [6.45, 7) is 8.36. The number of aliphatic hydroxyl groups is 1. The molecule has 3 aliphatic rings. The molecule has 3 rings (SSSR count). The molecule has 1 saturated carbocycles. The summed E-state index contributed by atoms with van der Waals surface area (Å²) >= 11 is 0. The highest BCUT2D eigenvalue weighted by molar-refractivity contribution is 6.01. The van der Waals surface area contributed by atoms with Crippen LogP contribution >= 0.6 is 0 Å². The summed E-state index contributed by atoms with van der Waals surface area (Å²) in [5, 5.41) is 20.0. The second-order valence-electron chi connectivity index (χ2n) is 8.02. The van der Waals surface area contributed by atoms with E-state index in [-0.39, 0.29) is 27.9 Å². The first-order valence-corrected chi connectivity index (χ1v) is 7.92. The zero-order valence-electron chi connectivity index (χ0n) is 13.7. The summed E-state index contributed by atoms with van der Waals surface area (Å²) in [4.78, 5) is 12.0. The zero-order valence-corrected chi connectivity index (χ0v) is 13.7. The predicted octanol–water partition coefficient (Wildman–Crippen LogP) is 3.32. The molecule has 0 aromatic rings. The van der Waals surface area contributed by atoms with E-state index in [0.29, 0.717) is 5.57 Å². The normalized spacial score (nSPS) is 42.6. The van der Waals surface area contributed by atoms with Crippen molar-refractivity contribution in [2.24, 2.45) is 22.2 Å². The summed E-state index contributed by atoms with van der Waals surface area (Å²) in [5.41, 5.74) is 0.642. The lowest BCUT2D eigenvalue weighted by Gasteiger charge is -2.58. The predicted molar refractivity (Wildman–Crippen MR) is 84.7 cm³/mol. The van der Waals surface area contributed by atoms with E-state index in [1.54, 1.807) is 12.2 Å². The fourth-order valence-electron chi connectivity index (χ4n) is 5.04. The largest absolute Gasteiger partial charge is 0.387 e. The first-order chi connectivity index (χ1) is 10.1. The van der Waals surface area contributed by atoms with Crippen molar-refractivity contribution in [1.82, 2.24) is 0 Å². The van der Waals surface area contributed by atoms with Crippen LogP contribution in [0.4, 0.5) is 0 Å². The molecule has 1 N–H and O–H groups in total. The van der Waals surface area contributed by atoms with Crippen LogP contribution in [-0.2, 0) is 4.79 Å². The molecule has 4 atom stereocenters. The number of hydrogen-bond acceptors (Lipinski definition) is 3. The minimum Gasteiger partial charge on any atom is -0.387 e. The Bertz CT molecular complexity index is 676. The molecule has 0 spiro atoms. The smallest absolute Gasteiger partial charge is 0.178 e. The molecule has 1 fully saturated rings. The van der Waals surface area contributed by atoms with Gasteiger partial charge in [-0.05, 0) is 41.9 Å². The Morgan fingerprint density at radius 3 is 2.64 bits per heavy atom. The minimum absolute atomic E-state index is 0.0187. The van der Waals surface area contributed by atoms with Gasteiger partial charge in [0.25, 0.3) is 0 Å². The average molecular weight is 297 g/mol. The molecular formula is C19H23NO2. The number of hydrogen-bond donors (Lipinski definition) is 1. The SMILES string of the molecule is CC12C=CC(=O)C=C1C1(C)C=C(C#N)C(O)C(C)(C)C1CC2. The van der Waals surface area contributed by atoms with Crippen LogP contribution in [0, 0.1) is 33.5 Å². The Morgan fingerprint density at radius 1 is 1.32 bits per heavy atom. The van der Waals surface area contributed by atoms with Crippen molar-refractivity contribution in [1.29, 1.82) is 5.26 Å². The number of rotatable bonds is 0. The van der Waals surface area contributed by atoms with Gasteiger partial charge in [0.1, 0.15) is 0 Å². The molecule has 3 heteroatoms. The Balaban J connectivity index is 2.24. The van der Waals surface area contributed by atoms with Crippen LogP contribution < -0.4 is 0 Å². The molecule has 4 unspecified atom stereocenters. The van der Waals surface area contributed by atoms with Crippen LogP contribution in [0.25, 0.3) is 0 Å². The fraction of sp³-hybridized carbons (Fsp3) is 0.579. The van der Waals surface area contributed by atoms with Crippen molar-refractivity contribution >= 4 is 5.78 Å². The van der Waals surface area contributed by atoms with Crippen LogP contribution in [0.5, 0.6) is 0 Å². The number of nitriles is 1. The number of ketones is 1. The quantitative estimate of drug-likeness (QED) is 0.746. The first kappa shape index (κ1) is 15.2. The lowest BCUT2D eigenvalue weighted by molar-refractivity contribution is -0.111. The number of nitrogens with zero attached hydrogens (tertiary/aromatic N) is 1. The highest BCUT2D eigenvalue weighted by Crippen LogP contribution is 2.63. The van der Waals surface area contributed by atoms with Crippen LogP contribution in [0.15, 0.2) is 35.5 Å². The van der Waals surface area contributed by atoms with Crippen molar-refractivity contribution in [3.63, 3.8) is 0 Å². The molecular weight excluding hydrogens is 274 g/mol. The highest BCUT2D eigenvalue weighted by atomic mass is 16.3. The van der Waals surface area contributed by atoms with E-state index in [1.807, 2.05) is 26.0 Å². The van der Waals surface area contributed by atoms with E-state index < -0.39 is 6.10 Å². The zero-order chi connectivity index (χ0) is 16.3. The number of aliphatic hydroxyl groups excluding tert-OH is 1. The maximum absolute atomic E-state index is 12.0. The number of fused-ring (bicyclic) bond motifs is 3. The summed E-state index contributed by atoms with van der Waals surface area (Å²) in [5.74, 6) is 0.232. The van der Waals surface area contributed by atoms with E-state index in [0.717, 1.165) is 18.4 Å². The van der Waals surface area contributed by atoms with E-state index >= 15 is 0 Å². The number of carbonyl (C=O) groups is 1. The molecule has 0 saturated heterocycles. The molecule has 116 valence electrons. The van der Waals surface area contributed by atoms with Crippen LogP contribution in [0.3, 0.4) is 0 Å². The maximum atomic E-state index is 12.0. The van der Waals surface area contributed by atoms with E-state index in [2.05, 4.69) is 19.9 Å². The van der Waals surface area contributed by atoms with Gasteiger partial charge in [-0.3, -0.25) is 4.79 Å². The summed E-state index contributed by atoms with van der Waals surface area (Å²) in [6, 6.07) is 2.17. The van der Waals surface area contributed by atoms with Crippen molar-refractivity contribution in [3.05, 3.63) is 35.5 Å². The molecule has 0 aliphatic heterocycles. The Hall–Kier alpha value is -1.66. The molecule has 0 radical (unpaired) electrons.